The minimum Gasteiger partial charge on any atom is -0.350 e. The second-order valence-corrected chi connectivity index (χ2v) is 6.30. The number of ketones is 1. The monoisotopic (exact) mass is 303 g/mol. The van der Waals surface area contributed by atoms with Crippen LogP contribution < -0.4 is 0 Å². The first-order valence-electron chi connectivity index (χ1n) is 8.52. The summed E-state index contributed by atoms with van der Waals surface area (Å²) in [6.07, 6.45) is 8.99. The summed E-state index contributed by atoms with van der Waals surface area (Å²) in [5.74, 6) is 0.308. The van der Waals surface area contributed by atoms with Crippen molar-refractivity contribution in [3.63, 3.8) is 0 Å². The molecule has 1 aromatic rings. The van der Waals surface area contributed by atoms with Crippen LogP contribution in [-0.2, 0) is 14.3 Å². The molecule has 0 spiro atoms. The number of hydrogen-bond donors (Lipinski definition) is 0. The van der Waals surface area contributed by atoms with Crippen LogP contribution in [0.3, 0.4) is 0 Å². The molecule has 2 aliphatic rings. The summed E-state index contributed by atoms with van der Waals surface area (Å²) in [5.41, 5.74) is 0.857. The van der Waals surface area contributed by atoms with Gasteiger partial charge in [-0.2, -0.15) is 0 Å². The van der Waals surface area contributed by atoms with Gasteiger partial charge in [0.1, 0.15) is 5.78 Å². The van der Waals surface area contributed by atoms with E-state index in [0.717, 1.165) is 18.5 Å². The minimum absolute atomic E-state index is 0.177. The van der Waals surface area contributed by atoms with Crippen molar-refractivity contribution in [1.82, 2.24) is 4.98 Å². The van der Waals surface area contributed by atoms with E-state index in [1.54, 1.807) is 6.20 Å². The zero-order valence-corrected chi connectivity index (χ0v) is 13.1. The molecule has 0 bridgehead atoms. The Morgan fingerprint density at radius 2 is 1.86 bits per heavy atom. The molecule has 0 amide bonds. The van der Waals surface area contributed by atoms with E-state index in [-0.39, 0.29) is 18.1 Å². The van der Waals surface area contributed by atoms with Crippen molar-refractivity contribution in [1.29, 1.82) is 0 Å². The third-order valence-electron chi connectivity index (χ3n) is 4.76. The van der Waals surface area contributed by atoms with Crippen LogP contribution in [0.15, 0.2) is 24.4 Å². The number of rotatable bonds is 5. The first kappa shape index (κ1) is 15.6. The average molecular weight is 303 g/mol. The lowest BCUT2D eigenvalue weighted by atomic mass is 9.83. The van der Waals surface area contributed by atoms with Crippen molar-refractivity contribution < 1.29 is 14.3 Å². The molecule has 1 saturated heterocycles. The Hall–Kier alpha value is -1.26. The fourth-order valence-electron chi connectivity index (χ4n) is 3.55. The first-order chi connectivity index (χ1) is 10.8. The second kappa shape index (κ2) is 7.84. The molecule has 0 aromatic carbocycles. The van der Waals surface area contributed by atoms with Gasteiger partial charge < -0.3 is 9.47 Å². The number of hydrogen-bond acceptors (Lipinski definition) is 4. The highest BCUT2D eigenvalue weighted by molar-refractivity contribution is 5.87. The van der Waals surface area contributed by atoms with Gasteiger partial charge in [-0.25, -0.2) is 0 Å². The summed E-state index contributed by atoms with van der Waals surface area (Å²) in [5, 5.41) is 0. The van der Waals surface area contributed by atoms with E-state index in [9.17, 15) is 4.79 Å². The van der Waals surface area contributed by atoms with Gasteiger partial charge in [-0.3, -0.25) is 9.78 Å². The van der Waals surface area contributed by atoms with Gasteiger partial charge in [0, 0.05) is 18.5 Å². The normalized spacial score (nSPS) is 22.4. The quantitative estimate of drug-likeness (QED) is 0.782. The number of carbonyl (C=O) groups excluding carboxylic acids is 1. The summed E-state index contributed by atoms with van der Waals surface area (Å²) in [6.45, 7) is 1.24. The largest absolute Gasteiger partial charge is 0.350 e. The summed E-state index contributed by atoms with van der Waals surface area (Å²) in [7, 11) is 0. The van der Waals surface area contributed by atoms with E-state index in [1.165, 1.54) is 25.7 Å². The third-order valence-corrected chi connectivity index (χ3v) is 4.76. The first-order valence-corrected chi connectivity index (χ1v) is 8.52. The van der Waals surface area contributed by atoms with Gasteiger partial charge >= 0.3 is 0 Å². The fraction of sp³-hybridized carbons (Fsp3) is 0.667. The summed E-state index contributed by atoms with van der Waals surface area (Å²) >= 11 is 0. The Kier molecular flexibility index (Phi) is 5.57. The zero-order chi connectivity index (χ0) is 15.2. The van der Waals surface area contributed by atoms with Gasteiger partial charge in [-0.1, -0.05) is 31.7 Å². The minimum atomic E-state index is -0.262. The van der Waals surface area contributed by atoms with Gasteiger partial charge in [0.2, 0.25) is 0 Å². The SMILES string of the molecule is O=C(C1CCCCCC1)C(CC1OCCO1)c1ccccn1. The standard InChI is InChI=1S/C18H25NO3/c20-18(14-7-3-1-2-4-8-14)15(13-17-21-11-12-22-17)16-9-5-6-10-19-16/h5-6,9-10,14-15,17H,1-4,7-8,11-13H2. The molecule has 4 heteroatoms. The summed E-state index contributed by atoms with van der Waals surface area (Å²) in [4.78, 5) is 17.5. The fourth-order valence-corrected chi connectivity index (χ4v) is 3.55. The van der Waals surface area contributed by atoms with Crippen molar-refractivity contribution in [2.45, 2.75) is 57.2 Å². The van der Waals surface area contributed by atoms with E-state index >= 15 is 0 Å². The van der Waals surface area contributed by atoms with Crippen LogP contribution in [0.5, 0.6) is 0 Å². The van der Waals surface area contributed by atoms with Gasteiger partial charge in [-0.15, -0.1) is 0 Å². The number of Topliss-reactive ketones (excluding diaryl/α,β-unsaturated/α-hetero) is 1. The predicted octanol–water partition coefficient (Wildman–Crippen LogP) is 3.47. The Labute approximate surface area is 132 Å². The van der Waals surface area contributed by atoms with Crippen molar-refractivity contribution >= 4 is 5.78 Å². The molecule has 1 unspecified atom stereocenters. The molecule has 0 N–H and O–H groups in total. The lowest BCUT2D eigenvalue weighted by molar-refractivity contribution is -0.128. The molecular weight excluding hydrogens is 278 g/mol. The molecule has 1 aliphatic heterocycles. The number of nitrogens with zero attached hydrogens (tertiary/aromatic N) is 1. The summed E-state index contributed by atoms with van der Waals surface area (Å²) in [6, 6.07) is 5.79. The number of pyridine rings is 1. The van der Waals surface area contributed by atoms with Crippen molar-refractivity contribution in [2.75, 3.05) is 13.2 Å². The maximum atomic E-state index is 13.1. The molecule has 1 saturated carbocycles. The van der Waals surface area contributed by atoms with Crippen LogP contribution >= 0.6 is 0 Å². The van der Waals surface area contributed by atoms with Crippen molar-refractivity contribution in [3.8, 4) is 0 Å². The second-order valence-electron chi connectivity index (χ2n) is 6.30. The molecule has 1 atom stereocenters. The van der Waals surface area contributed by atoms with Crippen LogP contribution in [0.4, 0.5) is 0 Å². The molecule has 3 rings (SSSR count). The van der Waals surface area contributed by atoms with E-state index in [4.69, 9.17) is 9.47 Å². The Balaban J connectivity index is 1.75. The maximum absolute atomic E-state index is 13.1. The van der Waals surface area contributed by atoms with Crippen molar-refractivity contribution in [2.24, 2.45) is 5.92 Å². The van der Waals surface area contributed by atoms with Gasteiger partial charge in [0.05, 0.1) is 24.8 Å². The third kappa shape index (κ3) is 3.93. The van der Waals surface area contributed by atoms with Gasteiger partial charge in [0.15, 0.2) is 6.29 Å². The molecule has 2 heterocycles. The number of aromatic nitrogens is 1. The maximum Gasteiger partial charge on any atom is 0.158 e. The molecule has 120 valence electrons. The number of ether oxygens (including phenoxy) is 2. The highest BCUT2D eigenvalue weighted by Crippen LogP contribution is 2.32. The van der Waals surface area contributed by atoms with Crippen LogP contribution in [-0.4, -0.2) is 30.3 Å². The van der Waals surface area contributed by atoms with Crippen LogP contribution in [0.2, 0.25) is 0 Å². The topological polar surface area (TPSA) is 48.4 Å². The lowest BCUT2D eigenvalue weighted by Gasteiger charge is -2.23. The smallest absolute Gasteiger partial charge is 0.158 e. The van der Waals surface area contributed by atoms with Crippen LogP contribution in [0.25, 0.3) is 0 Å². The Morgan fingerprint density at radius 3 is 2.50 bits per heavy atom. The van der Waals surface area contributed by atoms with E-state index in [2.05, 4.69) is 4.98 Å². The van der Waals surface area contributed by atoms with Gasteiger partial charge in [0.25, 0.3) is 0 Å². The molecule has 0 radical (unpaired) electrons. The van der Waals surface area contributed by atoms with Gasteiger partial charge in [-0.05, 0) is 25.0 Å². The molecule has 2 fully saturated rings. The Bertz CT molecular complexity index is 462. The van der Waals surface area contributed by atoms with Crippen LogP contribution in [0, 0.1) is 5.92 Å². The molecule has 1 aliphatic carbocycles. The molecule has 22 heavy (non-hydrogen) atoms. The van der Waals surface area contributed by atoms with E-state index < -0.39 is 0 Å². The average Bonchev–Trinajstić information content (AvgIpc) is 2.92. The van der Waals surface area contributed by atoms with E-state index in [0.29, 0.717) is 25.4 Å². The lowest BCUT2D eigenvalue weighted by Crippen LogP contribution is -2.26. The molecule has 1 aromatic heterocycles. The summed E-state index contributed by atoms with van der Waals surface area (Å²) < 4.78 is 11.1. The highest BCUT2D eigenvalue weighted by atomic mass is 16.7. The van der Waals surface area contributed by atoms with Crippen LogP contribution in [0.1, 0.15) is 56.6 Å². The zero-order valence-electron chi connectivity index (χ0n) is 13.1. The van der Waals surface area contributed by atoms with E-state index in [1.807, 2.05) is 18.2 Å². The molecular formula is C18H25NO3. The molecule has 4 nitrogen and oxygen atoms in total. The van der Waals surface area contributed by atoms with Crippen molar-refractivity contribution in [3.05, 3.63) is 30.1 Å². The predicted molar refractivity (Wildman–Crippen MR) is 83.5 cm³/mol. The highest BCUT2D eigenvalue weighted by Gasteiger charge is 2.33. The number of carbonyl (C=O) groups is 1. The Morgan fingerprint density at radius 1 is 1.14 bits per heavy atom.